The lowest BCUT2D eigenvalue weighted by Gasteiger charge is -2.21. The van der Waals surface area contributed by atoms with Crippen LogP contribution in [-0.4, -0.2) is 32.7 Å². The quantitative estimate of drug-likeness (QED) is 0.859. The van der Waals surface area contributed by atoms with Gasteiger partial charge in [-0.25, -0.2) is 0 Å². The second-order valence-electron chi connectivity index (χ2n) is 4.25. The molecule has 17 heavy (non-hydrogen) atoms. The van der Waals surface area contributed by atoms with E-state index in [9.17, 15) is 4.79 Å². The van der Waals surface area contributed by atoms with Crippen LogP contribution in [0.3, 0.4) is 0 Å². The molecule has 0 aliphatic carbocycles. The van der Waals surface area contributed by atoms with E-state index >= 15 is 0 Å². The van der Waals surface area contributed by atoms with Crippen LogP contribution in [0.1, 0.15) is 12.8 Å². The monoisotopic (exact) mass is 234 g/mol. The average molecular weight is 234 g/mol. The summed E-state index contributed by atoms with van der Waals surface area (Å²) in [7, 11) is 3.43. The third kappa shape index (κ3) is 2.58. The zero-order valence-electron chi connectivity index (χ0n) is 10.3. The molecule has 1 aliphatic rings. The van der Waals surface area contributed by atoms with Gasteiger partial charge in [0, 0.05) is 18.8 Å². The van der Waals surface area contributed by atoms with Crippen molar-refractivity contribution in [2.24, 2.45) is 0 Å². The van der Waals surface area contributed by atoms with E-state index in [-0.39, 0.29) is 11.9 Å². The van der Waals surface area contributed by atoms with Gasteiger partial charge in [-0.2, -0.15) is 0 Å². The summed E-state index contributed by atoms with van der Waals surface area (Å²) in [4.78, 5) is 13.9. The molecule has 1 N–H and O–H groups in total. The zero-order valence-corrected chi connectivity index (χ0v) is 10.3. The van der Waals surface area contributed by atoms with Gasteiger partial charge >= 0.3 is 0 Å². The average Bonchev–Trinajstić information content (AvgIpc) is 2.91. The molecule has 1 aromatic carbocycles. The SMILES string of the molecule is COc1cccc(N(C)C(=O)[C@@H]2CCCN2)c1. The number of benzene rings is 1. The van der Waals surface area contributed by atoms with E-state index in [4.69, 9.17) is 4.74 Å². The fourth-order valence-corrected chi connectivity index (χ4v) is 2.08. The maximum absolute atomic E-state index is 12.2. The van der Waals surface area contributed by atoms with Crippen LogP contribution in [-0.2, 0) is 4.79 Å². The molecule has 1 fully saturated rings. The number of hydrogen-bond donors (Lipinski definition) is 1. The number of amides is 1. The highest BCUT2D eigenvalue weighted by Crippen LogP contribution is 2.21. The van der Waals surface area contributed by atoms with Gasteiger partial charge in [-0.15, -0.1) is 0 Å². The largest absolute Gasteiger partial charge is 0.497 e. The fraction of sp³-hybridized carbons (Fsp3) is 0.462. The van der Waals surface area contributed by atoms with Crippen molar-refractivity contribution in [2.75, 3.05) is 25.6 Å². The van der Waals surface area contributed by atoms with Crippen molar-refractivity contribution in [1.82, 2.24) is 5.32 Å². The number of carbonyl (C=O) groups excluding carboxylic acids is 1. The Hall–Kier alpha value is -1.55. The summed E-state index contributed by atoms with van der Waals surface area (Å²) in [6.07, 6.45) is 2.00. The van der Waals surface area contributed by atoms with E-state index in [2.05, 4.69) is 5.32 Å². The Labute approximate surface area is 102 Å². The summed E-state index contributed by atoms with van der Waals surface area (Å²) in [5, 5.41) is 3.21. The van der Waals surface area contributed by atoms with Gasteiger partial charge in [0.05, 0.1) is 13.2 Å². The topological polar surface area (TPSA) is 41.6 Å². The first-order chi connectivity index (χ1) is 8.22. The number of carbonyl (C=O) groups is 1. The van der Waals surface area contributed by atoms with E-state index in [1.54, 1.807) is 19.1 Å². The van der Waals surface area contributed by atoms with Gasteiger partial charge in [-0.1, -0.05) is 6.07 Å². The zero-order chi connectivity index (χ0) is 12.3. The highest BCUT2D eigenvalue weighted by atomic mass is 16.5. The Balaban J connectivity index is 2.12. The number of ether oxygens (including phenoxy) is 1. The molecule has 0 radical (unpaired) electrons. The molecule has 0 unspecified atom stereocenters. The first-order valence-corrected chi connectivity index (χ1v) is 5.87. The molecule has 4 heteroatoms. The van der Waals surface area contributed by atoms with Crippen LogP contribution in [0.2, 0.25) is 0 Å². The molecular formula is C13H18N2O2. The predicted octanol–water partition coefficient (Wildman–Crippen LogP) is 1.41. The van der Waals surface area contributed by atoms with Gasteiger partial charge in [0.25, 0.3) is 0 Å². The van der Waals surface area contributed by atoms with Gasteiger partial charge in [0.15, 0.2) is 0 Å². The second kappa shape index (κ2) is 5.19. The van der Waals surface area contributed by atoms with Crippen molar-refractivity contribution < 1.29 is 9.53 Å². The molecule has 0 bridgehead atoms. The molecular weight excluding hydrogens is 216 g/mol. The molecule has 92 valence electrons. The molecule has 0 aromatic heterocycles. The van der Waals surface area contributed by atoms with Crippen molar-refractivity contribution in [3.8, 4) is 5.75 Å². The van der Waals surface area contributed by atoms with Gasteiger partial charge in [-0.3, -0.25) is 4.79 Å². The number of nitrogens with zero attached hydrogens (tertiary/aromatic N) is 1. The Morgan fingerprint density at radius 1 is 1.53 bits per heavy atom. The van der Waals surface area contributed by atoms with Gasteiger partial charge < -0.3 is 15.0 Å². The minimum atomic E-state index is -0.0359. The van der Waals surface area contributed by atoms with Crippen molar-refractivity contribution in [2.45, 2.75) is 18.9 Å². The highest BCUT2D eigenvalue weighted by molar-refractivity contribution is 5.97. The van der Waals surface area contributed by atoms with Crippen LogP contribution in [0.5, 0.6) is 5.75 Å². The maximum atomic E-state index is 12.2. The normalized spacial score (nSPS) is 19.1. The molecule has 2 rings (SSSR count). The van der Waals surface area contributed by atoms with Crippen LogP contribution in [0.25, 0.3) is 0 Å². The standard InChI is InChI=1S/C13H18N2O2/c1-15(13(16)12-7-4-8-14-12)10-5-3-6-11(9-10)17-2/h3,5-6,9,12,14H,4,7-8H2,1-2H3/t12-/m0/s1. The number of anilines is 1. The van der Waals surface area contributed by atoms with Crippen LogP contribution >= 0.6 is 0 Å². The number of nitrogens with one attached hydrogen (secondary N) is 1. The van der Waals surface area contributed by atoms with E-state index < -0.39 is 0 Å². The Morgan fingerprint density at radius 2 is 2.35 bits per heavy atom. The number of methoxy groups -OCH3 is 1. The molecule has 0 saturated carbocycles. The van der Waals surface area contributed by atoms with Crippen molar-refractivity contribution in [3.63, 3.8) is 0 Å². The fourth-order valence-electron chi connectivity index (χ4n) is 2.08. The first-order valence-electron chi connectivity index (χ1n) is 5.87. The second-order valence-corrected chi connectivity index (χ2v) is 4.25. The molecule has 1 heterocycles. The predicted molar refractivity (Wildman–Crippen MR) is 67.4 cm³/mol. The highest BCUT2D eigenvalue weighted by Gasteiger charge is 2.25. The van der Waals surface area contributed by atoms with E-state index in [1.807, 2.05) is 24.3 Å². The lowest BCUT2D eigenvalue weighted by Crippen LogP contribution is -2.41. The third-order valence-electron chi connectivity index (χ3n) is 3.13. The summed E-state index contributed by atoms with van der Waals surface area (Å²) in [6, 6.07) is 7.50. The van der Waals surface area contributed by atoms with Crippen LogP contribution in [0.15, 0.2) is 24.3 Å². The third-order valence-corrected chi connectivity index (χ3v) is 3.13. The molecule has 1 aliphatic heterocycles. The van der Waals surface area contributed by atoms with Crippen LogP contribution < -0.4 is 15.0 Å². The Bertz CT molecular complexity index is 400. The summed E-state index contributed by atoms with van der Waals surface area (Å²) < 4.78 is 5.16. The Kier molecular flexibility index (Phi) is 3.64. The molecule has 1 aromatic rings. The van der Waals surface area contributed by atoms with Gasteiger partial charge in [0.1, 0.15) is 5.75 Å². The van der Waals surface area contributed by atoms with E-state index in [0.717, 1.165) is 30.8 Å². The Morgan fingerprint density at radius 3 is 3.00 bits per heavy atom. The minimum Gasteiger partial charge on any atom is -0.497 e. The van der Waals surface area contributed by atoms with Crippen molar-refractivity contribution in [1.29, 1.82) is 0 Å². The number of rotatable bonds is 3. The lowest BCUT2D eigenvalue weighted by atomic mass is 10.2. The van der Waals surface area contributed by atoms with Gasteiger partial charge in [0.2, 0.25) is 5.91 Å². The summed E-state index contributed by atoms with van der Waals surface area (Å²) >= 11 is 0. The van der Waals surface area contributed by atoms with Gasteiger partial charge in [-0.05, 0) is 31.5 Å². The minimum absolute atomic E-state index is 0.0359. The summed E-state index contributed by atoms with van der Waals surface area (Å²) in [6.45, 7) is 0.933. The summed E-state index contributed by atoms with van der Waals surface area (Å²) in [5.41, 5.74) is 0.864. The molecule has 4 nitrogen and oxygen atoms in total. The van der Waals surface area contributed by atoms with Crippen LogP contribution in [0, 0.1) is 0 Å². The molecule has 1 atom stereocenters. The molecule has 1 saturated heterocycles. The summed E-state index contributed by atoms with van der Waals surface area (Å²) in [5.74, 6) is 0.886. The van der Waals surface area contributed by atoms with Crippen molar-refractivity contribution >= 4 is 11.6 Å². The molecule has 1 amide bonds. The first kappa shape index (κ1) is 11.9. The maximum Gasteiger partial charge on any atom is 0.243 e. The molecule has 0 spiro atoms. The van der Waals surface area contributed by atoms with Crippen LogP contribution in [0.4, 0.5) is 5.69 Å². The van der Waals surface area contributed by atoms with E-state index in [1.165, 1.54) is 0 Å². The van der Waals surface area contributed by atoms with Crippen molar-refractivity contribution in [3.05, 3.63) is 24.3 Å². The van der Waals surface area contributed by atoms with E-state index in [0.29, 0.717) is 0 Å². The number of hydrogen-bond acceptors (Lipinski definition) is 3. The lowest BCUT2D eigenvalue weighted by molar-refractivity contribution is -0.119. The smallest absolute Gasteiger partial charge is 0.243 e. The number of likely N-dealkylation sites (N-methyl/N-ethyl adjacent to an activating group) is 1.